The molecule has 0 aromatic carbocycles. The Kier molecular flexibility index (Phi) is 9.20. The highest BCUT2D eigenvalue weighted by Gasteiger charge is 2.24. The molecule has 0 fully saturated rings. The van der Waals surface area contributed by atoms with Gasteiger partial charge in [0.15, 0.2) is 0 Å². The largest absolute Gasteiger partial charge is 0.396 e. The molecule has 6 nitrogen and oxygen atoms in total. The van der Waals surface area contributed by atoms with Crippen LogP contribution in [0.5, 0.6) is 0 Å². The molecule has 0 aromatic heterocycles. The molecule has 4 N–H and O–H groups in total. The third-order valence-electron chi connectivity index (χ3n) is 3.04. The van der Waals surface area contributed by atoms with Crippen LogP contribution in [-0.4, -0.2) is 73.3 Å². The van der Waals surface area contributed by atoms with Gasteiger partial charge in [-0.15, -0.1) is 0 Å². The van der Waals surface area contributed by atoms with E-state index in [1.165, 1.54) is 0 Å². The van der Waals surface area contributed by atoms with Crippen LogP contribution in [0, 0.1) is 10.8 Å². The van der Waals surface area contributed by atoms with Crippen LogP contribution in [0.4, 0.5) is 0 Å². The van der Waals surface area contributed by atoms with Gasteiger partial charge in [0, 0.05) is 10.8 Å². The minimum Gasteiger partial charge on any atom is -0.396 e. The van der Waals surface area contributed by atoms with E-state index in [-0.39, 0.29) is 52.9 Å². The second-order valence-corrected chi connectivity index (χ2v) is 5.99. The zero-order valence-electron chi connectivity index (χ0n) is 12.5. The van der Waals surface area contributed by atoms with E-state index in [9.17, 15) is 0 Å². The topological polar surface area (TPSA) is 99.4 Å². The van der Waals surface area contributed by atoms with Crippen molar-refractivity contribution in [1.29, 1.82) is 0 Å². The molecule has 0 aromatic rings. The second kappa shape index (κ2) is 9.44. The zero-order valence-corrected chi connectivity index (χ0v) is 12.5. The average molecular weight is 292 g/mol. The number of hydrogen-bond donors (Lipinski definition) is 4. The number of aliphatic hydroxyl groups is 4. The summed E-state index contributed by atoms with van der Waals surface area (Å²) < 4.78 is 10.8. The van der Waals surface area contributed by atoms with Crippen molar-refractivity contribution < 1.29 is 29.9 Å². The molecule has 6 heteroatoms. The highest BCUT2D eigenvalue weighted by molar-refractivity contribution is 4.94. The lowest BCUT2D eigenvalue weighted by Crippen LogP contribution is -2.33. The second-order valence-electron chi connectivity index (χ2n) is 5.99. The molecule has 0 amide bonds. The Bertz CT molecular complexity index is 245. The Hall–Kier alpha value is -0.500. The smallest absolute Gasteiger partial charge is 0.0696 e. The molecule has 0 rings (SSSR count). The highest BCUT2D eigenvalue weighted by atomic mass is 16.5. The highest BCUT2D eigenvalue weighted by Crippen LogP contribution is 2.16. The molecule has 0 radical (unpaired) electrons. The Morgan fingerprint density at radius 1 is 0.800 bits per heavy atom. The molecule has 0 unspecified atom stereocenters. The van der Waals surface area contributed by atoms with Crippen molar-refractivity contribution in [3.8, 4) is 0 Å². The van der Waals surface area contributed by atoms with E-state index in [4.69, 9.17) is 29.9 Å². The van der Waals surface area contributed by atoms with E-state index in [0.717, 1.165) is 0 Å². The van der Waals surface area contributed by atoms with Crippen LogP contribution < -0.4 is 0 Å². The van der Waals surface area contributed by atoms with Crippen molar-refractivity contribution in [2.24, 2.45) is 10.8 Å². The summed E-state index contributed by atoms with van der Waals surface area (Å²) in [4.78, 5) is 0. The van der Waals surface area contributed by atoms with Gasteiger partial charge in [0.25, 0.3) is 0 Å². The summed E-state index contributed by atoms with van der Waals surface area (Å²) in [7, 11) is 0. The van der Waals surface area contributed by atoms with Crippen LogP contribution in [0.15, 0.2) is 12.2 Å². The molecule has 0 spiro atoms. The maximum Gasteiger partial charge on any atom is 0.0696 e. The van der Waals surface area contributed by atoms with Gasteiger partial charge in [-0.25, -0.2) is 0 Å². The Balaban J connectivity index is 3.85. The molecular weight excluding hydrogens is 264 g/mol. The standard InChI is InChI=1S/C14H28O6/c1-12(4-19-10-13(2,6-15)7-16)5-20-11-14(3,8-17)9-18/h15-18H,1,4-11H2,2-3H3. The summed E-state index contributed by atoms with van der Waals surface area (Å²) in [6.45, 7) is 7.61. The van der Waals surface area contributed by atoms with Gasteiger partial charge in [-0.2, -0.15) is 0 Å². The summed E-state index contributed by atoms with van der Waals surface area (Å²) in [6, 6.07) is 0. The molecule has 20 heavy (non-hydrogen) atoms. The van der Waals surface area contributed by atoms with Crippen molar-refractivity contribution in [2.45, 2.75) is 13.8 Å². The first kappa shape index (κ1) is 19.5. The molecule has 0 bridgehead atoms. The maximum absolute atomic E-state index is 9.10. The predicted octanol–water partition coefficient (Wildman–Crippen LogP) is -0.442. The molecular formula is C14H28O6. The molecule has 0 aliphatic rings. The van der Waals surface area contributed by atoms with Gasteiger partial charge < -0.3 is 29.9 Å². The van der Waals surface area contributed by atoms with Gasteiger partial charge in [0.2, 0.25) is 0 Å². The van der Waals surface area contributed by atoms with Crippen molar-refractivity contribution >= 4 is 0 Å². The van der Waals surface area contributed by atoms with E-state index >= 15 is 0 Å². The summed E-state index contributed by atoms with van der Waals surface area (Å²) in [5.41, 5.74) is -0.609. The van der Waals surface area contributed by atoms with Crippen LogP contribution in [-0.2, 0) is 9.47 Å². The van der Waals surface area contributed by atoms with Gasteiger partial charge in [-0.05, 0) is 5.57 Å². The monoisotopic (exact) mass is 292 g/mol. The first-order valence-corrected chi connectivity index (χ1v) is 6.60. The first-order valence-electron chi connectivity index (χ1n) is 6.60. The third-order valence-corrected chi connectivity index (χ3v) is 3.04. The third kappa shape index (κ3) is 7.33. The van der Waals surface area contributed by atoms with Crippen LogP contribution in [0.25, 0.3) is 0 Å². The van der Waals surface area contributed by atoms with Gasteiger partial charge in [0.1, 0.15) is 0 Å². The Morgan fingerprint density at radius 2 is 1.10 bits per heavy atom. The van der Waals surface area contributed by atoms with Crippen molar-refractivity contribution in [3.05, 3.63) is 12.2 Å². The van der Waals surface area contributed by atoms with E-state index < -0.39 is 10.8 Å². The summed E-state index contributed by atoms with van der Waals surface area (Å²) in [5.74, 6) is 0. The normalized spacial score (nSPS) is 12.7. The van der Waals surface area contributed by atoms with Gasteiger partial charge in [-0.1, -0.05) is 20.4 Å². The number of aliphatic hydroxyl groups excluding tert-OH is 4. The average Bonchev–Trinajstić information content (AvgIpc) is 2.46. The fourth-order valence-corrected chi connectivity index (χ4v) is 1.21. The summed E-state index contributed by atoms with van der Waals surface area (Å²) in [5, 5.41) is 36.4. The quantitative estimate of drug-likeness (QED) is 0.364. The van der Waals surface area contributed by atoms with Crippen LogP contribution in [0.2, 0.25) is 0 Å². The van der Waals surface area contributed by atoms with E-state index in [1.807, 2.05) is 0 Å². The lowest BCUT2D eigenvalue weighted by atomic mass is 9.94. The number of ether oxygens (including phenoxy) is 2. The van der Waals surface area contributed by atoms with E-state index in [1.54, 1.807) is 13.8 Å². The lowest BCUT2D eigenvalue weighted by molar-refractivity contribution is -0.0220. The van der Waals surface area contributed by atoms with Crippen molar-refractivity contribution in [1.82, 2.24) is 0 Å². The van der Waals surface area contributed by atoms with E-state index in [0.29, 0.717) is 5.57 Å². The fourth-order valence-electron chi connectivity index (χ4n) is 1.21. The van der Waals surface area contributed by atoms with Crippen molar-refractivity contribution in [3.63, 3.8) is 0 Å². The number of rotatable bonds is 12. The minimum atomic E-state index is -0.659. The lowest BCUT2D eigenvalue weighted by Gasteiger charge is -2.25. The van der Waals surface area contributed by atoms with Gasteiger partial charge >= 0.3 is 0 Å². The molecule has 0 aliphatic heterocycles. The van der Waals surface area contributed by atoms with E-state index in [2.05, 4.69) is 6.58 Å². The molecule has 0 heterocycles. The SMILES string of the molecule is C=C(COCC(C)(CO)CO)COCC(C)(CO)CO. The summed E-state index contributed by atoms with van der Waals surface area (Å²) in [6.07, 6.45) is 0. The fraction of sp³-hybridized carbons (Fsp3) is 0.857. The first-order chi connectivity index (χ1) is 9.34. The molecule has 0 atom stereocenters. The molecule has 0 aliphatic carbocycles. The van der Waals surface area contributed by atoms with Crippen molar-refractivity contribution in [2.75, 3.05) is 52.9 Å². The van der Waals surface area contributed by atoms with Crippen LogP contribution in [0.1, 0.15) is 13.8 Å². The summed E-state index contributed by atoms with van der Waals surface area (Å²) >= 11 is 0. The van der Waals surface area contributed by atoms with Crippen LogP contribution >= 0.6 is 0 Å². The van der Waals surface area contributed by atoms with Crippen LogP contribution in [0.3, 0.4) is 0 Å². The number of hydrogen-bond acceptors (Lipinski definition) is 6. The maximum atomic E-state index is 9.10. The Morgan fingerprint density at radius 3 is 1.35 bits per heavy atom. The zero-order chi connectivity index (χ0) is 15.6. The molecule has 120 valence electrons. The molecule has 0 saturated heterocycles. The van der Waals surface area contributed by atoms with Gasteiger partial charge in [-0.3, -0.25) is 0 Å². The minimum absolute atomic E-state index is 0.155. The molecule has 0 saturated carbocycles. The van der Waals surface area contributed by atoms with Gasteiger partial charge in [0.05, 0.1) is 52.9 Å². The Labute approximate surface area is 120 Å². The predicted molar refractivity (Wildman–Crippen MR) is 75.3 cm³/mol.